The van der Waals surface area contributed by atoms with E-state index in [1.165, 1.54) is 0 Å². The Morgan fingerprint density at radius 1 is 1.29 bits per heavy atom. The van der Waals surface area contributed by atoms with E-state index in [4.69, 9.17) is 27.9 Å². The summed E-state index contributed by atoms with van der Waals surface area (Å²) < 4.78 is 5.10. The van der Waals surface area contributed by atoms with E-state index in [0.717, 1.165) is 5.56 Å². The maximum Gasteiger partial charge on any atom is 0.306 e. The van der Waals surface area contributed by atoms with Crippen molar-refractivity contribution in [2.24, 2.45) is 0 Å². The van der Waals surface area contributed by atoms with Crippen LogP contribution in [0.3, 0.4) is 0 Å². The third kappa shape index (κ3) is 1.72. The number of benzene rings is 1. The van der Waals surface area contributed by atoms with Gasteiger partial charge in [-0.25, -0.2) is 0 Å². The minimum Gasteiger partial charge on any atom is -0.457 e. The summed E-state index contributed by atoms with van der Waals surface area (Å²) in [6, 6.07) is 5.26. The van der Waals surface area contributed by atoms with Crippen LogP contribution in [-0.4, -0.2) is 5.97 Å². The molecule has 0 amide bonds. The number of rotatable bonds is 1. The summed E-state index contributed by atoms with van der Waals surface area (Å²) in [4.78, 5) is 10.9. The van der Waals surface area contributed by atoms with E-state index < -0.39 is 0 Å². The Bertz CT molecular complexity index is 356. The zero-order valence-corrected chi connectivity index (χ0v) is 8.81. The van der Waals surface area contributed by atoms with Crippen molar-refractivity contribution in [2.75, 3.05) is 0 Å². The van der Waals surface area contributed by atoms with Gasteiger partial charge in [-0.15, -0.1) is 0 Å². The molecule has 1 aromatic carbocycles. The monoisotopic (exact) mass is 230 g/mol. The Morgan fingerprint density at radius 3 is 2.43 bits per heavy atom. The maximum atomic E-state index is 10.9. The third-order valence-corrected chi connectivity index (χ3v) is 2.87. The molecule has 0 bridgehead atoms. The number of halogens is 2. The number of hydrogen-bond donors (Lipinski definition) is 0. The molecule has 0 saturated carbocycles. The van der Waals surface area contributed by atoms with Crippen LogP contribution in [0.1, 0.15) is 24.5 Å². The van der Waals surface area contributed by atoms with Gasteiger partial charge in [-0.05, 0) is 18.6 Å². The van der Waals surface area contributed by atoms with E-state index in [0.29, 0.717) is 22.9 Å². The van der Waals surface area contributed by atoms with Crippen LogP contribution in [0.25, 0.3) is 0 Å². The molecule has 1 aromatic rings. The maximum absolute atomic E-state index is 10.9. The van der Waals surface area contributed by atoms with Crippen LogP contribution < -0.4 is 0 Å². The van der Waals surface area contributed by atoms with Gasteiger partial charge in [0.05, 0.1) is 0 Å². The number of hydrogen-bond acceptors (Lipinski definition) is 2. The van der Waals surface area contributed by atoms with Crippen LogP contribution in [0, 0.1) is 0 Å². The Labute approximate surface area is 91.8 Å². The molecule has 0 spiro atoms. The number of esters is 1. The predicted octanol–water partition coefficient (Wildman–Crippen LogP) is 3.37. The van der Waals surface area contributed by atoms with Gasteiger partial charge in [-0.2, -0.15) is 0 Å². The van der Waals surface area contributed by atoms with Crippen molar-refractivity contribution >= 4 is 29.2 Å². The van der Waals surface area contributed by atoms with Crippen molar-refractivity contribution in [1.29, 1.82) is 0 Å². The van der Waals surface area contributed by atoms with Gasteiger partial charge in [0.25, 0.3) is 0 Å². The molecule has 0 radical (unpaired) electrons. The van der Waals surface area contributed by atoms with Crippen LogP contribution in [0.2, 0.25) is 10.0 Å². The molecule has 1 unspecified atom stereocenters. The summed E-state index contributed by atoms with van der Waals surface area (Å²) >= 11 is 12.0. The van der Waals surface area contributed by atoms with Crippen LogP contribution in [0.5, 0.6) is 0 Å². The quantitative estimate of drug-likeness (QED) is 0.692. The highest BCUT2D eigenvalue weighted by atomic mass is 35.5. The predicted molar refractivity (Wildman–Crippen MR) is 54.5 cm³/mol. The normalized spacial score (nSPS) is 21.0. The lowest BCUT2D eigenvalue weighted by molar-refractivity contribution is -0.141. The molecular formula is C10H8Cl2O2. The molecule has 14 heavy (non-hydrogen) atoms. The molecule has 0 aromatic heterocycles. The van der Waals surface area contributed by atoms with Crippen LogP contribution in [0.15, 0.2) is 18.2 Å². The molecule has 1 aliphatic rings. The molecule has 2 rings (SSSR count). The Hall–Kier alpha value is -0.730. The summed E-state index contributed by atoms with van der Waals surface area (Å²) in [5, 5.41) is 1.11. The fourth-order valence-electron chi connectivity index (χ4n) is 1.55. The van der Waals surface area contributed by atoms with E-state index >= 15 is 0 Å². The molecule has 0 aliphatic carbocycles. The van der Waals surface area contributed by atoms with E-state index in [-0.39, 0.29) is 12.1 Å². The molecule has 1 atom stereocenters. The Kier molecular flexibility index (Phi) is 2.66. The largest absolute Gasteiger partial charge is 0.457 e. The van der Waals surface area contributed by atoms with Gasteiger partial charge in [-0.3, -0.25) is 4.79 Å². The zero-order chi connectivity index (χ0) is 10.1. The van der Waals surface area contributed by atoms with E-state index in [9.17, 15) is 4.79 Å². The fourth-order valence-corrected chi connectivity index (χ4v) is 2.19. The van der Waals surface area contributed by atoms with E-state index in [1.54, 1.807) is 18.2 Å². The minimum atomic E-state index is -0.274. The van der Waals surface area contributed by atoms with Crippen LogP contribution >= 0.6 is 23.2 Å². The van der Waals surface area contributed by atoms with Crippen LogP contribution in [-0.2, 0) is 9.53 Å². The molecule has 1 heterocycles. The van der Waals surface area contributed by atoms with Gasteiger partial charge in [0.1, 0.15) is 6.10 Å². The summed E-state index contributed by atoms with van der Waals surface area (Å²) in [5.74, 6) is -0.189. The fraction of sp³-hybridized carbons (Fsp3) is 0.300. The van der Waals surface area contributed by atoms with Crippen molar-refractivity contribution in [2.45, 2.75) is 18.9 Å². The first kappa shape index (κ1) is 9.81. The minimum absolute atomic E-state index is 0.189. The van der Waals surface area contributed by atoms with Gasteiger partial charge in [-0.1, -0.05) is 29.3 Å². The molecule has 1 saturated heterocycles. The third-order valence-electron chi connectivity index (χ3n) is 2.21. The first-order valence-corrected chi connectivity index (χ1v) is 5.07. The number of carbonyl (C=O) groups is 1. The lowest BCUT2D eigenvalue weighted by Crippen LogP contribution is -2.00. The van der Waals surface area contributed by atoms with E-state index in [1.807, 2.05) is 0 Å². The lowest BCUT2D eigenvalue weighted by Gasteiger charge is -2.12. The number of carbonyl (C=O) groups excluding carboxylic acids is 1. The average Bonchev–Trinajstić information content (AvgIpc) is 2.51. The molecule has 74 valence electrons. The molecular weight excluding hydrogens is 223 g/mol. The average molecular weight is 231 g/mol. The lowest BCUT2D eigenvalue weighted by atomic mass is 10.1. The first-order chi connectivity index (χ1) is 6.68. The Morgan fingerprint density at radius 2 is 1.93 bits per heavy atom. The van der Waals surface area contributed by atoms with Crippen molar-refractivity contribution < 1.29 is 9.53 Å². The molecule has 0 N–H and O–H groups in total. The summed E-state index contributed by atoms with van der Waals surface area (Å²) in [7, 11) is 0. The van der Waals surface area contributed by atoms with E-state index in [2.05, 4.69) is 0 Å². The topological polar surface area (TPSA) is 26.3 Å². The number of cyclic esters (lactones) is 1. The highest BCUT2D eigenvalue weighted by Gasteiger charge is 2.28. The van der Waals surface area contributed by atoms with Crippen molar-refractivity contribution in [3.05, 3.63) is 33.8 Å². The van der Waals surface area contributed by atoms with Crippen molar-refractivity contribution in [1.82, 2.24) is 0 Å². The summed E-state index contributed by atoms with van der Waals surface area (Å²) in [6.07, 6.45) is 0.817. The SMILES string of the molecule is O=C1CCC(c2c(Cl)cccc2Cl)O1. The Balaban J connectivity index is 2.36. The molecule has 1 aliphatic heterocycles. The van der Waals surface area contributed by atoms with Gasteiger partial charge >= 0.3 is 5.97 Å². The second-order valence-electron chi connectivity index (χ2n) is 3.15. The highest BCUT2D eigenvalue weighted by molar-refractivity contribution is 6.36. The van der Waals surface area contributed by atoms with Crippen molar-refractivity contribution in [3.8, 4) is 0 Å². The second kappa shape index (κ2) is 3.79. The van der Waals surface area contributed by atoms with Gasteiger partial charge in [0, 0.05) is 22.0 Å². The zero-order valence-electron chi connectivity index (χ0n) is 7.30. The molecule has 2 nitrogen and oxygen atoms in total. The smallest absolute Gasteiger partial charge is 0.306 e. The van der Waals surface area contributed by atoms with Crippen LogP contribution in [0.4, 0.5) is 0 Å². The van der Waals surface area contributed by atoms with Gasteiger partial charge in [0.2, 0.25) is 0 Å². The summed E-state index contributed by atoms with van der Waals surface area (Å²) in [5.41, 5.74) is 0.724. The highest BCUT2D eigenvalue weighted by Crippen LogP contribution is 2.37. The standard InChI is InChI=1S/C10H8Cl2O2/c11-6-2-1-3-7(12)10(6)8-4-5-9(13)14-8/h1-3,8H,4-5H2. The number of ether oxygens (including phenoxy) is 1. The van der Waals surface area contributed by atoms with Gasteiger partial charge < -0.3 is 4.74 Å². The van der Waals surface area contributed by atoms with Gasteiger partial charge in [0.15, 0.2) is 0 Å². The second-order valence-corrected chi connectivity index (χ2v) is 3.97. The first-order valence-electron chi connectivity index (χ1n) is 4.32. The molecule has 1 fully saturated rings. The van der Waals surface area contributed by atoms with Crippen molar-refractivity contribution in [3.63, 3.8) is 0 Å². The molecule has 4 heteroatoms. The summed E-state index contributed by atoms with van der Waals surface area (Å²) in [6.45, 7) is 0.